The molecule has 0 spiro atoms. The van der Waals surface area contributed by atoms with Gasteiger partial charge < -0.3 is 20.1 Å². The van der Waals surface area contributed by atoms with Gasteiger partial charge in [0.15, 0.2) is 6.10 Å². The average Bonchev–Trinajstić information content (AvgIpc) is 2.43. The van der Waals surface area contributed by atoms with Crippen molar-refractivity contribution in [1.82, 2.24) is 0 Å². The molecule has 0 aliphatic heterocycles. The number of aliphatic carboxylic acids is 1. The third kappa shape index (κ3) is 4.04. The van der Waals surface area contributed by atoms with Gasteiger partial charge in [-0.25, -0.2) is 4.79 Å². The maximum absolute atomic E-state index is 11.1. The Morgan fingerprint density at radius 2 is 2.05 bits per heavy atom. The Hall–Kier alpha value is -1.92. The predicted molar refractivity (Wildman–Crippen MR) is 65.3 cm³/mol. The van der Waals surface area contributed by atoms with Crippen molar-refractivity contribution in [1.29, 1.82) is 0 Å². The molecule has 19 heavy (non-hydrogen) atoms. The standard InChI is InChI=1S/C13H16O6/c1-19-11(15)5-4-9-3-2-8(7-14)6-10(9)12(16)13(17)18/h2-3,6,12,14,16H,4-5,7H2,1H3,(H,17,18). The number of aryl methyl sites for hydroxylation is 1. The summed E-state index contributed by atoms with van der Waals surface area (Å²) < 4.78 is 4.51. The zero-order valence-corrected chi connectivity index (χ0v) is 10.5. The highest BCUT2D eigenvalue weighted by Gasteiger charge is 2.20. The van der Waals surface area contributed by atoms with Crippen LogP contribution in [0, 0.1) is 0 Å². The first kappa shape index (κ1) is 15.1. The summed E-state index contributed by atoms with van der Waals surface area (Å²) in [6, 6.07) is 4.63. The number of carboxylic acid groups (broad SMARTS) is 1. The summed E-state index contributed by atoms with van der Waals surface area (Å²) in [4.78, 5) is 21.9. The van der Waals surface area contributed by atoms with Crippen LogP contribution >= 0.6 is 0 Å². The largest absolute Gasteiger partial charge is 0.479 e. The molecular weight excluding hydrogens is 252 g/mol. The highest BCUT2D eigenvalue weighted by atomic mass is 16.5. The second-order valence-electron chi connectivity index (χ2n) is 4.01. The topological polar surface area (TPSA) is 104 Å². The second-order valence-corrected chi connectivity index (χ2v) is 4.01. The zero-order valence-electron chi connectivity index (χ0n) is 10.5. The van der Waals surface area contributed by atoms with Crippen molar-refractivity contribution in [2.24, 2.45) is 0 Å². The maximum Gasteiger partial charge on any atom is 0.337 e. The van der Waals surface area contributed by atoms with E-state index >= 15 is 0 Å². The van der Waals surface area contributed by atoms with Crippen molar-refractivity contribution in [2.75, 3.05) is 7.11 Å². The number of hydrogen-bond acceptors (Lipinski definition) is 5. The van der Waals surface area contributed by atoms with E-state index in [2.05, 4.69) is 4.74 Å². The molecular formula is C13H16O6. The summed E-state index contributed by atoms with van der Waals surface area (Å²) in [5, 5.41) is 27.5. The molecule has 6 nitrogen and oxygen atoms in total. The molecule has 0 aliphatic carbocycles. The van der Waals surface area contributed by atoms with Gasteiger partial charge >= 0.3 is 11.9 Å². The van der Waals surface area contributed by atoms with E-state index in [9.17, 15) is 14.7 Å². The van der Waals surface area contributed by atoms with Crippen molar-refractivity contribution >= 4 is 11.9 Å². The third-order valence-corrected chi connectivity index (χ3v) is 2.75. The van der Waals surface area contributed by atoms with Crippen LogP contribution in [0.2, 0.25) is 0 Å². The average molecular weight is 268 g/mol. The van der Waals surface area contributed by atoms with Gasteiger partial charge in [0.2, 0.25) is 0 Å². The SMILES string of the molecule is COC(=O)CCc1ccc(CO)cc1C(O)C(=O)O. The van der Waals surface area contributed by atoms with Crippen molar-refractivity contribution in [3.05, 3.63) is 34.9 Å². The van der Waals surface area contributed by atoms with Crippen LogP contribution in [0.4, 0.5) is 0 Å². The van der Waals surface area contributed by atoms with E-state index in [0.29, 0.717) is 11.1 Å². The number of carbonyl (C=O) groups excluding carboxylic acids is 1. The Balaban J connectivity index is 3.01. The molecule has 1 atom stereocenters. The third-order valence-electron chi connectivity index (χ3n) is 2.75. The van der Waals surface area contributed by atoms with Gasteiger partial charge in [0.1, 0.15) is 0 Å². The van der Waals surface area contributed by atoms with Crippen molar-refractivity contribution in [3.8, 4) is 0 Å². The van der Waals surface area contributed by atoms with E-state index < -0.39 is 18.0 Å². The molecule has 0 bridgehead atoms. The zero-order chi connectivity index (χ0) is 14.4. The minimum atomic E-state index is -1.68. The number of aliphatic hydroxyl groups is 2. The lowest BCUT2D eigenvalue weighted by Gasteiger charge is -2.13. The maximum atomic E-state index is 11.1. The first-order valence-electron chi connectivity index (χ1n) is 5.69. The van der Waals surface area contributed by atoms with Gasteiger partial charge in [-0.3, -0.25) is 4.79 Å². The Kier molecular flexibility index (Phi) is 5.47. The van der Waals surface area contributed by atoms with E-state index in [1.165, 1.54) is 13.2 Å². The van der Waals surface area contributed by atoms with Crippen LogP contribution in [0.25, 0.3) is 0 Å². The summed E-state index contributed by atoms with van der Waals surface area (Å²) in [6.45, 7) is -0.253. The number of hydrogen-bond donors (Lipinski definition) is 3. The number of methoxy groups -OCH3 is 1. The summed E-state index contributed by atoms with van der Waals surface area (Å²) >= 11 is 0. The molecule has 1 unspecified atom stereocenters. The van der Waals surface area contributed by atoms with Crippen LogP contribution in [0.3, 0.4) is 0 Å². The molecule has 0 aliphatic rings. The molecule has 0 radical (unpaired) electrons. The molecule has 1 rings (SSSR count). The molecule has 0 fully saturated rings. The van der Waals surface area contributed by atoms with Crippen LogP contribution in [0.5, 0.6) is 0 Å². The minimum Gasteiger partial charge on any atom is -0.479 e. The fourth-order valence-electron chi connectivity index (χ4n) is 1.70. The van der Waals surface area contributed by atoms with Gasteiger partial charge in [-0.1, -0.05) is 18.2 Å². The second kappa shape index (κ2) is 6.86. The van der Waals surface area contributed by atoms with E-state index in [1.54, 1.807) is 12.1 Å². The van der Waals surface area contributed by atoms with Gasteiger partial charge in [0.25, 0.3) is 0 Å². The molecule has 0 heterocycles. The number of esters is 1. The first-order valence-corrected chi connectivity index (χ1v) is 5.69. The Labute approximate surface area is 110 Å². The number of aliphatic hydroxyl groups excluding tert-OH is 2. The quantitative estimate of drug-likeness (QED) is 0.645. The van der Waals surface area contributed by atoms with Gasteiger partial charge in [-0.15, -0.1) is 0 Å². The molecule has 1 aromatic carbocycles. The number of rotatable bonds is 6. The molecule has 3 N–H and O–H groups in total. The van der Waals surface area contributed by atoms with Gasteiger partial charge in [-0.2, -0.15) is 0 Å². The summed E-state index contributed by atoms with van der Waals surface area (Å²) in [5.41, 5.74) is 1.22. The van der Waals surface area contributed by atoms with E-state index in [-0.39, 0.29) is 25.0 Å². The molecule has 104 valence electrons. The van der Waals surface area contributed by atoms with Gasteiger partial charge in [0.05, 0.1) is 13.7 Å². The van der Waals surface area contributed by atoms with Crippen molar-refractivity contribution < 1.29 is 29.6 Å². The summed E-state index contributed by atoms with van der Waals surface area (Å²) in [6.07, 6.45) is -1.33. The Bertz CT molecular complexity index is 468. The lowest BCUT2D eigenvalue weighted by Crippen LogP contribution is -2.14. The number of ether oxygens (including phenoxy) is 1. The molecule has 6 heteroatoms. The fourth-order valence-corrected chi connectivity index (χ4v) is 1.70. The van der Waals surface area contributed by atoms with Crippen LogP contribution in [-0.2, 0) is 27.4 Å². The highest BCUT2D eigenvalue weighted by Crippen LogP contribution is 2.22. The van der Waals surface area contributed by atoms with E-state index in [1.807, 2.05) is 0 Å². The Morgan fingerprint density at radius 3 is 2.58 bits per heavy atom. The van der Waals surface area contributed by atoms with Gasteiger partial charge in [-0.05, 0) is 23.1 Å². The van der Waals surface area contributed by atoms with Crippen LogP contribution < -0.4 is 0 Å². The normalized spacial score (nSPS) is 11.9. The molecule has 1 aromatic rings. The predicted octanol–water partition coefficient (Wildman–Crippen LogP) is 0.402. The van der Waals surface area contributed by atoms with Crippen LogP contribution in [-0.4, -0.2) is 34.4 Å². The lowest BCUT2D eigenvalue weighted by molar-refractivity contribution is -0.147. The monoisotopic (exact) mass is 268 g/mol. The van der Waals surface area contributed by atoms with Crippen molar-refractivity contribution in [3.63, 3.8) is 0 Å². The number of carboxylic acids is 1. The smallest absolute Gasteiger partial charge is 0.337 e. The fraction of sp³-hybridized carbons (Fsp3) is 0.385. The lowest BCUT2D eigenvalue weighted by atomic mass is 9.96. The van der Waals surface area contributed by atoms with E-state index in [0.717, 1.165) is 0 Å². The number of benzene rings is 1. The number of carbonyl (C=O) groups is 2. The van der Waals surface area contributed by atoms with Gasteiger partial charge in [0, 0.05) is 6.42 Å². The molecule has 0 amide bonds. The molecule has 0 saturated heterocycles. The summed E-state index contributed by atoms with van der Waals surface area (Å²) in [7, 11) is 1.27. The Morgan fingerprint density at radius 1 is 1.37 bits per heavy atom. The molecule has 0 aromatic heterocycles. The first-order chi connectivity index (χ1) is 8.99. The van der Waals surface area contributed by atoms with Crippen LogP contribution in [0.1, 0.15) is 29.2 Å². The van der Waals surface area contributed by atoms with E-state index in [4.69, 9.17) is 10.2 Å². The summed E-state index contributed by atoms with van der Waals surface area (Å²) in [5.74, 6) is -1.79. The molecule has 0 saturated carbocycles. The van der Waals surface area contributed by atoms with Crippen molar-refractivity contribution in [2.45, 2.75) is 25.6 Å². The van der Waals surface area contributed by atoms with Crippen LogP contribution in [0.15, 0.2) is 18.2 Å². The minimum absolute atomic E-state index is 0.0916. The highest BCUT2D eigenvalue weighted by molar-refractivity contribution is 5.75.